The van der Waals surface area contributed by atoms with Crippen LogP contribution >= 0.6 is 11.3 Å². The Hall–Kier alpha value is -4.46. The van der Waals surface area contributed by atoms with Gasteiger partial charge in [0.25, 0.3) is 0 Å². The van der Waals surface area contributed by atoms with Crippen molar-refractivity contribution in [2.75, 3.05) is 30.2 Å². The van der Waals surface area contributed by atoms with Crippen LogP contribution in [-0.4, -0.2) is 42.4 Å². The Morgan fingerprint density at radius 2 is 1.56 bits per heavy atom. The van der Waals surface area contributed by atoms with Crippen molar-refractivity contribution in [2.24, 2.45) is 0 Å². The molecule has 0 atom stereocenters. The molecular formula is C22H18F3N3O7S. The van der Waals surface area contributed by atoms with E-state index in [1.165, 1.54) is 20.3 Å². The lowest BCUT2D eigenvalue weighted by Gasteiger charge is -2.16. The molecule has 190 valence electrons. The summed E-state index contributed by atoms with van der Waals surface area (Å²) < 4.78 is 52.7. The van der Waals surface area contributed by atoms with Gasteiger partial charge in [-0.05, 0) is 18.2 Å². The van der Waals surface area contributed by atoms with Crippen LogP contribution in [0.25, 0.3) is 0 Å². The number of urea groups is 1. The highest BCUT2D eigenvalue weighted by Gasteiger charge is 2.24. The summed E-state index contributed by atoms with van der Waals surface area (Å²) >= 11 is 0.590. The fourth-order valence-corrected chi connectivity index (χ4v) is 4.00. The van der Waals surface area contributed by atoms with Gasteiger partial charge >= 0.3 is 18.0 Å². The molecule has 0 radical (unpaired) electrons. The highest BCUT2D eigenvalue weighted by molar-refractivity contribution is 7.13. The van der Waals surface area contributed by atoms with Gasteiger partial charge < -0.3 is 35.6 Å². The maximum atomic E-state index is 14.6. The summed E-state index contributed by atoms with van der Waals surface area (Å²) in [5.74, 6) is -6.21. The molecule has 0 unspecified atom stereocenters. The molecule has 5 N–H and O–H groups in total. The summed E-state index contributed by atoms with van der Waals surface area (Å²) in [5.41, 5.74) is -1.37. The molecule has 0 spiro atoms. The minimum absolute atomic E-state index is 0.0219. The van der Waals surface area contributed by atoms with E-state index in [0.717, 1.165) is 23.6 Å². The molecule has 0 aliphatic heterocycles. The highest BCUT2D eigenvalue weighted by Crippen LogP contribution is 2.33. The van der Waals surface area contributed by atoms with E-state index in [1.807, 2.05) is 0 Å². The van der Waals surface area contributed by atoms with E-state index in [0.29, 0.717) is 11.3 Å². The minimum atomic E-state index is -1.58. The maximum absolute atomic E-state index is 14.6. The molecule has 2 amide bonds. The van der Waals surface area contributed by atoms with Crippen LogP contribution in [0.1, 0.15) is 25.6 Å². The number of carbonyl (C=O) groups is 3. The molecule has 14 heteroatoms. The number of anilines is 3. The van der Waals surface area contributed by atoms with Gasteiger partial charge in [0.05, 0.1) is 36.8 Å². The van der Waals surface area contributed by atoms with E-state index < -0.39 is 45.9 Å². The Morgan fingerprint density at radius 3 is 2.17 bits per heavy atom. The van der Waals surface area contributed by atoms with Crippen molar-refractivity contribution >= 4 is 46.4 Å². The first-order valence-electron chi connectivity index (χ1n) is 9.85. The zero-order valence-corrected chi connectivity index (χ0v) is 19.4. The molecule has 2 aromatic carbocycles. The average Bonchev–Trinajstić information content (AvgIpc) is 3.25. The second-order valence-corrected chi connectivity index (χ2v) is 7.85. The Morgan fingerprint density at radius 1 is 0.889 bits per heavy atom. The number of carbonyl (C=O) groups excluding carboxylic acids is 1. The summed E-state index contributed by atoms with van der Waals surface area (Å²) in [5, 5.41) is 26.6. The zero-order valence-electron chi connectivity index (χ0n) is 18.6. The maximum Gasteiger partial charge on any atom is 0.346 e. The van der Waals surface area contributed by atoms with Crippen molar-refractivity contribution in [1.29, 1.82) is 0 Å². The average molecular weight is 525 g/mol. The number of thiophene rings is 1. The zero-order chi connectivity index (χ0) is 26.6. The lowest BCUT2D eigenvalue weighted by Crippen LogP contribution is -2.21. The predicted octanol–water partition coefficient (Wildman–Crippen LogP) is 4.84. The first-order chi connectivity index (χ1) is 17.1. The lowest BCUT2D eigenvalue weighted by atomic mass is 10.1. The first kappa shape index (κ1) is 26.2. The van der Waals surface area contributed by atoms with Gasteiger partial charge in [-0.2, -0.15) is 0 Å². The molecular weight excluding hydrogens is 507 g/mol. The number of carboxylic acids is 2. The third-order valence-corrected chi connectivity index (χ3v) is 5.78. The second kappa shape index (κ2) is 10.9. The standard InChI is InChI=1S/C22H18F3N3O7S/c1-34-15-4-3-10(23)18(25)9(15)7-26-13-6-12(11(24)5-16(13)35-2)27-22(33)28-14-8-36-19(21(31)32)17(14)20(29)30/h3-6,8,26H,7H2,1-2H3,(H,29,30)(H,31,32)(H2,27,28,33). The molecule has 1 aromatic heterocycles. The van der Waals surface area contributed by atoms with Gasteiger partial charge in [0.2, 0.25) is 0 Å². The minimum Gasteiger partial charge on any atom is -0.496 e. The molecule has 0 saturated heterocycles. The number of amides is 2. The van der Waals surface area contributed by atoms with Crippen LogP contribution in [0.5, 0.6) is 11.5 Å². The van der Waals surface area contributed by atoms with E-state index in [-0.39, 0.29) is 40.7 Å². The number of hydrogen-bond donors (Lipinski definition) is 5. The van der Waals surface area contributed by atoms with Gasteiger partial charge in [0.1, 0.15) is 21.9 Å². The molecule has 0 fully saturated rings. The number of ether oxygens (including phenoxy) is 2. The molecule has 3 aromatic rings. The first-order valence-corrected chi connectivity index (χ1v) is 10.7. The summed E-state index contributed by atoms with van der Waals surface area (Å²) in [6, 6.07) is 3.11. The molecule has 10 nitrogen and oxygen atoms in total. The predicted molar refractivity (Wildman–Crippen MR) is 124 cm³/mol. The Bertz CT molecular complexity index is 1350. The Labute approximate surface area is 205 Å². The van der Waals surface area contributed by atoms with Gasteiger partial charge in [-0.1, -0.05) is 0 Å². The van der Waals surface area contributed by atoms with Gasteiger partial charge in [-0.15, -0.1) is 11.3 Å². The SMILES string of the molecule is COc1cc(F)c(NC(=O)Nc2csc(C(=O)O)c2C(=O)O)cc1NCc1c(OC)ccc(F)c1F. The van der Waals surface area contributed by atoms with E-state index >= 15 is 0 Å². The van der Waals surface area contributed by atoms with Crippen LogP contribution in [-0.2, 0) is 6.54 Å². The number of benzene rings is 2. The lowest BCUT2D eigenvalue weighted by molar-refractivity contribution is 0.0657. The molecule has 0 aliphatic rings. The van der Waals surface area contributed by atoms with Gasteiger partial charge in [0, 0.05) is 18.0 Å². The van der Waals surface area contributed by atoms with Crippen molar-refractivity contribution in [3.05, 3.63) is 63.1 Å². The third-order valence-electron chi connectivity index (χ3n) is 4.81. The molecule has 0 bridgehead atoms. The molecule has 3 rings (SSSR count). The number of methoxy groups -OCH3 is 2. The van der Waals surface area contributed by atoms with Crippen LogP contribution in [0.4, 0.5) is 35.0 Å². The van der Waals surface area contributed by atoms with Crippen LogP contribution in [0, 0.1) is 17.5 Å². The van der Waals surface area contributed by atoms with E-state index in [1.54, 1.807) is 0 Å². The monoisotopic (exact) mass is 525 g/mol. The van der Waals surface area contributed by atoms with Gasteiger partial charge in [-0.25, -0.2) is 27.6 Å². The Kier molecular flexibility index (Phi) is 7.89. The molecule has 0 aliphatic carbocycles. The normalized spacial score (nSPS) is 10.5. The third kappa shape index (κ3) is 5.43. The van der Waals surface area contributed by atoms with Gasteiger partial charge in [-0.3, -0.25) is 0 Å². The second-order valence-electron chi connectivity index (χ2n) is 6.97. The molecule has 0 saturated carbocycles. The van der Waals surface area contributed by atoms with Crippen LogP contribution in [0.2, 0.25) is 0 Å². The summed E-state index contributed by atoms with van der Waals surface area (Å²) in [4.78, 5) is 34.5. The van der Waals surface area contributed by atoms with Crippen molar-refractivity contribution < 1.29 is 47.2 Å². The van der Waals surface area contributed by atoms with Crippen molar-refractivity contribution in [3.8, 4) is 11.5 Å². The van der Waals surface area contributed by atoms with Crippen LogP contribution in [0.15, 0.2) is 29.6 Å². The Balaban J connectivity index is 1.84. The number of nitrogens with one attached hydrogen (secondary N) is 3. The largest absolute Gasteiger partial charge is 0.496 e. The van der Waals surface area contributed by atoms with E-state index in [2.05, 4.69) is 16.0 Å². The number of carboxylic acid groups (broad SMARTS) is 2. The van der Waals surface area contributed by atoms with Crippen molar-refractivity contribution in [2.45, 2.75) is 6.54 Å². The number of rotatable bonds is 9. The summed E-state index contributed by atoms with van der Waals surface area (Å²) in [6.45, 7) is -0.296. The highest BCUT2D eigenvalue weighted by atomic mass is 32.1. The molecule has 36 heavy (non-hydrogen) atoms. The fraction of sp³-hybridized carbons (Fsp3) is 0.136. The number of halogens is 3. The fourth-order valence-electron chi connectivity index (χ4n) is 3.17. The topological polar surface area (TPSA) is 146 Å². The van der Waals surface area contributed by atoms with Crippen LogP contribution < -0.4 is 25.4 Å². The number of hydrogen-bond acceptors (Lipinski definition) is 7. The van der Waals surface area contributed by atoms with Crippen molar-refractivity contribution in [1.82, 2.24) is 0 Å². The van der Waals surface area contributed by atoms with E-state index in [4.69, 9.17) is 14.6 Å². The quantitative estimate of drug-likeness (QED) is 0.267. The summed E-state index contributed by atoms with van der Waals surface area (Å²) in [7, 11) is 2.52. The smallest absolute Gasteiger partial charge is 0.346 e. The molecule has 1 heterocycles. The van der Waals surface area contributed by atoms with E-state index in [9.17, 15) is 32.7 Å². The van der Waals surface area contributed by atoms with Crippen molar-refractivity contribution in [3.63, 3.8) is 0 Å². The van der Waals surface area contributed by atoms with Gasteiger partial charge in [0.15, 0.2) is 17.5 Å². The van der Waals surface area contributed by atoms with Crippen LogP contribution in [0.3, 0.4) is 0 Å². The number of aromatic carboxylic acids is 2. The summed E-state index contributed by atoms with van der Waals surface area (Å²) in [6.07, 6.45) is 0.